The fraction of sp³-hybridized carbons (Fsp3) is 0.800. The van der Waals surface area contributed by atoms with Gasteiger partial charge >= 0.3 is 23.9 Å². The van der Waals surface area contributed by atoms with E-state index in [4.69, 9.17) is 28.4 Å². The molecule has 5 aliphatic rings. The highest BCUT2D eigenvalue weighted by molar-refractivity contribution is 5.95. The first-order valence-electron chi connectivity index (χ1n) is 17.0. The lowest BCUT2D eigenvalue weighted by molar-refractivity contribution is -0.331. The first kappa shape index (κ1) is 36.4. The summed E-state index contributed by atoms with van der Waals surface area (Å²) in [4.78, 5) is 60.8. The van der Waals surface area contributed by atoms with E-state index in [1.807, 2.05) is 0 Å². The van der Waals surface area contributed by atoms with Gasteiger partial charge in [0.05, 0.1) is 17.8 Å². The van der Waals surface area contributed by atoms with Crippen molar-refractivity contribution in [1.29, 1.82) is 0 Å². The minimum absolute atomic E-state index is 0.0552. The Kier molecular flexibility index (Phi) is 10.2. The summed E-state index contributed by atoms with van der Waals surface area (Å²) < 4.78 is 34.3. The smallest absolute Gasteiger partial charge is 0.303 e. The van der Waals surface area contributed by atoms with Gasteiger partial charge in [0.25, 0.3) is 0 Å². The van der Waals surface area contributed by atoms with Gasteiger partial charge in [-0.15, -0.1) is 0 Å². The molecule has 48 heavy (non-hydrogen) atoms. The van der Waals surface area contributed by atoms with E-state index >= 15 is 0 Å². The van der Waals surface area contributed by atoms with E-state index in [1.165, 1.54) is 6.92 Å². The third-order valence-electron chi connectivity index (χ3n) is 12.1. The van der Waals surface area contributed by atoms with Gasteiger partial charge in [-0.25, -0.2) is 0 Å². The number of carbonyl (C=O) groups is 5. The molecule has 0 radical (unpaired) electrons. The predicted octanol–water partition coefficient (Wildman–Crippen LogP) is 2.71. The molecule has 3 saturated carbocycles. The molecule has 2 N–H and O–H groups in total. The van der Waals surface area contributed by atoms with Gasteiger partial charge in [-0.2, -0.15) is 0 Å². The summed E-state index contributed by atoms with van der Waals surface area (Å²) in [6.45, 7) is 10.1. The van der Waals surface area contributed by atoms with Gasteiger partial charge < -0.3 is 38.6 Å². The lowest BCUT2D eigenvalue weighted by Gasteiger charge is -2.65. The largest absolute Gasteiger partial charge is 0.463 e. The van der Waals surface area contributed by atoms with Crippen LogP contribution < -0.4 is 0 Å². The van der Waals surface area contributed by atoms with Gasteiger partial charge in [-0.05, 0) is 74.2 Å². The van der Waals surface area contributed by atoms with Crippen molar-refractivity contribution >= 4 is 29.7 Å². The van der Waals surface area contributed by atoms with Crippen molar-refractivity contribution < 1.29 is 62.6 Å². The summed E-state index contributed by atoms with van der Waals surface area (Å²) in [5, 5.41) is 24.1. The molecule has 0 bridgehead atoms. The second kappa shape index (κ2) is 13.4. The number of aliphatic hydroxyl groups excluding tert-OH is 1. The number of hydrogen-bond donors (Lipinski definition) is 2. The lowest BCUT2D eigenvalue weighted by Crippen LogP contribution is -2.69. The number of rotatable bonds is 8. The van der Waals surface area contributed by atoms with Crippen LogP contribution in [0.2, 0.25) is 0 Å². The molecule has 0 aromatic carbocycles. The SMILES string of the molecule is CC(=O)OC[C@H]1O[C@@H](O[C@H]2CC[C@]3(C)[C@H]4CC[C@]5(C)C(C(C)=O)=CC[C@H]5[C@@H]4C[C@@H](O)[C@@]3(O)C2)[C@H](OC(C)=O)[C@@H](OC(C)=O)[C@@H]1OC(C)=O. The fourth-order valence-corrected chi connectivity index (χ4v) is 9.96. The zero-order valence-corrected chi connectivity index (χ0v) is 28.9. The van der Waals surface area contributed by atoms with Crippen LogP contribution in [0, 0.1) is 28.6 Å². The van der Waals surface area contributed by atoms with Crippen LogP contribution in [0.1, 0.15) is 93.4 Å². The van der Waals surface area contributed by atoms with Gasteiger partial charge in [-0.1, -0.05) is 19.9 Å². The van der Waals surface area contributed by atoms with Crippen LogP contribution in [0.5, 0.6) is 0 Å². The Morgan fingerprint density at radius 3 is 2.08 bits per heavy atom. The molecule has 0 aromatic heterocycles. The Morgan fingerprint density at radius 1 is 0.854 bits per heavy atom. The van der Waals surface area contributed by atoms with Gasteiger partial charge in [-0.3, -0.25) is 24.0 Å². The normalized spacial score (nSPS) is 43.4. The van der Waals surface area contributed by atoms with Crippen LogP contribution in [0.4, 0.5) is 0 Å². The molecule has 1 heterocycles. The molecule has 13 atom stereocenters. The van der Waals surface area contributed by atoms with Crippen molar-refractivity contribution in [2.75, 3.05) is 6.61 Å². The van der Waals surface area contributed by atoms with Crippen LogP contribution in [0.3, 0.4) is 0 Å². The zero-order chi connectivity index (χ0) is 35.3. The summed E-state index contributed by atoms with van der Waals surface area (Å²) in [6.07, 6.45) is -2.39. The van der Waals surface area contributed by atoms with E-state index in [0.717, 1.165) is 45.6 Å². The molecule has 0 aromatic rings. The van der Waals surface area contributed by atoms with E-state index < -0.39 is 77.8 Å². The van der Waals surface area contributed by atoms with Crippen molar-refractivity contribution in [3.8, 4) is 0 Å². The lowest BCUT2D eigenvalue weighted by atomic mass is 9.42. The number of fused-ring (bicyclic) bond motifs is 5. The second-order valence-corrected chi connectivity index (χ2v) is 14.9. The van der Waals surface area contributed by atoms with E-state index in [1.54, 1.807) is 6.92 Å². The number of Topliss-reactive ketones (excluding diaryl/α,β-unsaturated/α-hetero) is 1. The monoisotopic (exact) mass is 678 g/mol. The highest BCUT2D eigenvalue weighted by atomic mass is 16.7. The van der Waals surface area contributed by atoms with Crippen molar-refractivity contribution in [2.24, 2.45) is 28.6 Å². The van der Waals surface area contributed by atoms with Crippen molar-refractivity contribution in [3.63, 3.8) is 0 Å². The predicted molar refractivity (Wildman–Crippen MR) is 166 cm³/mol. The zero-order valence-electron chi connectivity index (χ0n) is 28.9. The highest BCUT2D eigenvalue weighted by Crippen LogP contribution is 2.67. The average molecular weight is 679 g/mol. The maximum absolute atomic E-state index is 12.5. The van der Waals surface area contributed by atoms with E-state index in [-0.39, 0.29) is 42.0 Å². The van der Waals surface area contributed by atoms with Crippen molar-refractivity contribution in [2.45, 2.75) is 142 Å². The maximum Gasteiger partial charge on any atom is 0.303 e. The summed E-state index contributed by atoms with van der Waals surface area (Å²) in [7, 11) is 0. The molecule has 268 valence electrons. The molecule has 1 saturated heterocycles. The second-order valence-electron chi connectivity index (χ2n) is 14.9. The summed E-state index contributed by atoms with van der Waals surface area (Å²) in [5.74, 6) is -2.30. The van der Waals surface area contributed by atoms with E-state index in [9.17, 15) is 34.2 Å². The number of ketones is 1. The molecule has 4 fully saturated rings. The fourth-order valence-electron chi connectivity index (χ4n) is 9.96. The minimum Gasteiger partial charge on any atom is -0.463 e. The molecule has 0 spiro atoms. The third-order valence-corrected chi connectivity index (χ3v) is 12.1. The Labute approximate surface area is 281 Å². The molecular weight excluding hydrogens is 628 g/mol. The van der Waals surface area contributed by atoms with Gasteiger partial charge in [0.1, 0.15) is 12.7 Å². The standard InChI is InChI=1S/C35H50O13/c1-17(36)24-8-9-25-23-14-28(41)35(42)15-22(10-13-34(35,7)26(23)11-12-33(24,25)6)47-32-31(46-21(5)40)30(45-20(4)39)29(44-19(3)38)27(48-32)16-43-18(2)37/h8,22-23,25-32,41-42H,9-16H2,1-7H3/t22-,23-,25-,26-,27+,28+,29+,30-,31+,32+,33+,34+,35-/m0/s1. The first-order chi connectivity index (χ1) is 22.4. The third kappa shape index (κ3) is 6.43. The van der Waals surface area contributed by atoms with Gasteiger partial charge in [0.2, 0.25) is 0 Å². The molecule has 1 aliphatic heterocycles. The van der Waals surface area contributed by atoms with E-state index in [2.05, 4.69) is 19.9 Å². The average Bonchev–Trinajstić information content (AvgIpc) is 3.34. The summed E-state index contributed by atoms with van der Waals surface area (Å²) in [5.41, 5.74) is -1.52. The molecule has 13 nitrogen and oxygen atoms in total. The molecule has 0 amide bonds. The van der Waals surface area contributed by atoms with Crippen molar-refractivity contribution in [1.82, 2.24) is 0 Å². The summed E-state index contributed by atoms with van der Waals surface area (Å²) in [6, 6.07) is 0. The van der Waals surface area contributed by atoms with Crippen LogP contribution in [0.25, 0.3) is 0 Å². The maximum atomic E-state index is 12.5. The number of esters is 4. The Bertz CT molecular complexity index is 1340. The van der Waals surface area contributed by atoms with E-state index in [0.29, 0.717) is 19.3 Å². The Hall–Kier alpha value is -2.87. The van der Waals surface area contributed by atoms with Gasteiger partial charge in [0.15, 0.2) is 30.4 Å². The minimum atomic E-state index is -1.52. The van der Waals surface area contributed by atoms with Gasteiger partial charge in [0, 0.05) is 39.5 Å². The first-order valence-corrected chi connectivity index (χ1v) is 17.0. The van der Waals surface area contributed by atoms with Crippen LogP contribution >= 0.6 is 0 Å². The number of allylic oxidation sites excluding steroid dienone is 2. The number of ether oxygens (including phenoxy) is 6. The molecule has 13 heteroatoms. The molecule has 5 rings (SSSR count). The number of hydrogen-bond acceptors (Lipinski definition) is 13. The number of carbonyl (C=O) groups excluding carboxylic acids is 5. The molecular formula is C35H50O13. The topological polar surface area (TPSA) is 181 Å². The number of aliphatic hydroxyl groups is 2. The van der Waals surface area contributed by atoms with Crippen LogP contribution in [-0.4, -0.2) is 95.0 Å². The van der Waals surface area contributed by atoms with Crippen LogP contribution in [-0.2, 0) is 52.4 Å². The Morgan fingerprint density at radius 2 is 1.48 bits per heavy atom. The van der Waals surface area contributed by atoms with Crippen molar-refractivity contribution in [3.05, 3.63) is 11.6 Å². The summed E-state index contributed by atoms with van der Waals surface area (Å²) >= 11 is 0. The molecule has 4 aliphatic carbocycles. The Balaban J connectivity index is 1.40. The highest BCUT2D eigenvalue weighted by Gasteiger charge is 2.67. The molecule has 0 unspecified atom stereocenters. The quantitative estimate of drug-likeness (QED) is 0.218. The van der Waals surface area contributed by atoms with Crippen LogP contribution in [0.15, 0.2) is 11.6 Å².